The number of nitrogens with zero attached hydrogens (tertiary/aromatic N) is 1. The third-order valence-electron chi connectivity index (χ3n) is 1.96. The number of aryl methyl sites for hydroxylation is 2. The van der Waals surface area contributed by atoms with Gasteiger partial charge in [-0.3, -0.25) is 4.79 Å². The van der Waals surface area contributed by atoms with Crippen molar-refractivity contribution in [3.63, 3.8) is 0 Å². The smallest absolute Gasteiger partial charge is 0.306 e. The SMILES string of the molecule is Cc1nc(C)c(C(O)C(O)CC(=O)O)s1. The van der Waals surface area contributed by atoms with Crippen molar-refractivity contribution >= 4 is 17.3 Å². The lowest BCUT2D eigenvalue weighted by Gasteiger charge is -2.14. The van der Waals surface area contributed by atoms with Crippen LogP contribution in [-0.4, -0.2) is 32.4 Å². The largest absolute Gasteiger partial charge is 0.481 e. The van der Waals surface area contributed by atoms with E-state index in [0.717, 1.165) is 5.01 Å². The molecule has 0 aliphatic heterocycles. The average molecular weight is 231 g/mol. The van der Waals surface area contributed by atoms with E-state index < -0.39 is 24.6 Å². The van der Waals surface area contributed by atoms with Crippen LogP contribution in [0.3, 0.4) is 0 Å². The van der Waals surface area contributed by atoms with Crippen molar-refractivity contribution in [2.24, 2.45) is 0 Å². The molecular formula is C9H13NO4S. The molecule has 1 heterocycles. The van der Waals surface area contributed by atoms with Crippen molar-refractivity contribution in [1.29, 1.82) is 0 Å². The zero-order chi connectivity index (χ0) is 11.6. The monoisotopic (exact) mass is 231 g/mol. The van der Waals surface area contributed by atoms with Crippen molar-refractivity contribution in [2.45, 2.75) is 32.5 Å². The number of hydrogen-bond acceptors (Lipinski definition) is 5. The fraction of sp³-hybridized carbons (Fsp3) is 0.556. The molecule has 6 heteroatoms. The Hall–Kier alpha value is -0.980. The number of hydrogen-bond donors (Lipinski definition) is 3. The molecule has 1 rings (SSSR count). The molecule has 0 bridgehead atoms. The van der Waals surface area contributed by atoms with Crippen LogP contribution in [0.2, 0.25) is 0 Å². The highest BCUT2D eigenvalue weighted by atomic mass is 32.1. The Labute approximate surface area is 91.0 Å². The number of aliphatic hydroxyl groups excluding tert-OH is 2. The van der Waals surface area contributed by atoms with Gasteiger partial charge in [-0.15, -0.1) is 11.3 Å². The predicted molar refractivity (Wildman–Crippen MR) is 54.8 cm³/mol. The number of carboxylic acids is 1. The van der Waals surface area contributed by atoms with Crippen molar-refractivity contribution in [2.75, 3.05) is 0 Å². The molecule has 0 aliphatic rings. The summed E-state index contributed by atoms with van der Waals surface area (Å²) in [6.45, 7) is 3.51. The molecule has 84 valence electrons. The number of aliphatic hydroxyl groups is 2. The summed E-state index contributed by atoms with van der Waals surface area (Å²) in [7, 11) is 0. The van der Waals surface area contributed by atoms with Gasteiger partial charge in [0.05, 0.1) is 28.1 Å². The zero-order valence-electron chi connectivity index (χ0n) is 8.47. The molecule has 0 amide bonds. The molecule has 0 radical (unpaired) electrons. The van der Waals surface area contributed by atoms with Crippen LogP contribution in [0.25, 0.3) is 0 Å². The predicted octanol–water partition coefficient (Wildman–Crippen LogP) is 0.629. The van der Waals surface area contributed by atoms with E-state index in [-0.39, 0.29) is 0 Å². The normalized spacial score (nSPS) is 14.9. The first-order chi connectivity index (χ1) is 6.91. The molecule has 2 unspecified atom stereocenters. The number of rotatable bonds is 4. The Balaban J connectivity index is 2.79. The Morgan fingerprint density at radius 3 is 2.47 bits per heavy atom. The van der Waals surface area contributed by atoms with Gasteiger partial charge in [-0.1, -0.05) is 0 Å². The molecule has 2 atom stereocenters. The molecule has 1 aromatic heterocycles. The summed E-state index contributed by atoms with van der Waals surface area (Å²) in [5, 5.41) is 28.4. The first-order valence-corrected chi connectivity index (χ1v) is 5.25. The highest BCUT2D eigenvalue weighted by Crippen LogP contribution is 2.27. The fourth-order valence-corrected chi connectivity index (χ4v) is 2.26. The third-order valence-corrected chi connectivity index (χ3v) is 3.10. The second-order valence-electron chi connectivity index (χ2n) is 3.29. The molecule has 0 spiro atoms. The number of aromatic nitrogens is 1. The van der Waals surface area contributed by atoms with Crippen LogP contribution in [0.4, 0.5) is 0 Å². The van der Waals surface area contributed by atoms with Crippen LogP contribution in [0, 0.1) is 13.8 Å². The first-order valence-electron chi connectivity index (χ1n) is 4.43. The molecule has 0 saturated heterocycles. The van der Waals surface area contributed by atoms with Gasteiger partial charge in [-0.25, -0.2) is 4.98 Å². The van der Waals surface area contributed by atoms with Crippen molar-refractivity contribution < 1.29 is 20.1 Å². The van der Waals surface area contributed by atoms with E-state index in [1.54, 1.807) is 13.8 Å². The van der Waals surface area contributed by atoms with Gasteiger partial charge in [-0.2, -0.15) is 0 Å². The van der Waals surface area contributed by atoms with Gasteiger partial charge >= 0.3 is 5.97 Å². The Morgan fingerprint density at radius 2 is 2.07 bits per heavy atom. The summed E-state index contributed by atoms with van der Waals surface area (Å²) in [6, 6.07) is 0. The highest BCUT2D eigenvalue weighted by Gasteiger charge is 2.24. The second-order valence-corrected chi connectivity index (χ2v) is 4.53. The van der Waals surface area contributed by atoms with Crippen LogP contribution < -0.4 is 0 Å². The first kappa shape index (κ1) is 12.1. The highest BCUT2D eigenvalue weighted by molar-refractivity contribution is 7.11. The van der Waals surface area contributed by atoms with E-state index in [0.29, 0.717) is 10.6 Å². The molecule has 0 aromatic carbocycles. The topological polar surface area (TPSA) is 90.7 Å². The molecule has 5 nitrogen and oxygen atoms in total. The van der Waals surface area contributed by atoms with Gasteiger partial charge in [0.25, 0.3) is 0 Å². The van der Waals surface area contributed by atoms with Gasteiger partial charge in [0, 0.05) is 0 Å². The van der Waals surface area contributed by atoms with E-state index in [9.17, 15) is 15.0 Å². The maximum atomic E-state index is 10.4. The molecule has 1 aromatic rings. The van der Waals surface area contributed by atoms with Gasteiger partial charge in [-0.05, 0) is 13.8 Å². The Kier molecular flexibility index (Phi) is 3.78. The van der Waals surface area contributed by atoms with Crippen LogP contribution in [0.1, 0.15) is 28.1 Å². The lowest BCUT2D eigenvalue weighted by molar-refractivity contribution is -0.141. The second kappa shape index (κ2) is 4.69. The maximum Gasteiger partial charge on any atom is 0.306 e. The van der Waals surface area contributed by atoms with Gasteiger partial charge in [0.2, 0.25) is 0 Å². The van der Waals surface area contributed by atoms with E-state index in [2.05, 4.69) is 4.98 Å². The molecule has 0 fully saturated rings. The number of thiazole rings is 1. The van der Waals surface area contributed by atoms with E-state index in [1.807, 2.05) is 0 Å². The lowest BCUT2D eigenvalue weighted by Crippen LogP contribution is -2.21. The minimum atomic E-state index is -1.29. The number of carboxylic acid groups (broad SMARTS) is 1. The quantitative estimate of drug-likeness (QED) is 0.707. The minimum absolute atomic E-state index is 0.475. The van der Waals surface area contributed by atoms with E-state index >= 15 is 0 Å². The summed E-state index contributed by atoms with van der Waals surface area (Å²) < 4.78 is 0. The number of carbonyl (C=O) groups is 1. The van der Waals surface area contributed by atoms with Crippen LogP contribution in [0.5, 0.6) is 0 Å². The molecule has 0 saturated carbocycles. The molecular weight excluding hydrogens is 218 g/mol. The van der Waals surface area contributed by atoms with Gasteiger partial charge < -0.3 is 15.3 Å². The zero-order valence-corrected chi connectivity index (χ0v) is 9.28. The average Bonchev–Trinajstić information content (AvgIpc) is 2.42. The summed E-state index contributed by atoms with van der Waals surface area (Å²) in [4.78, 5) is 15.0. The fourth-order valence-electron chi connectivity index (χ4n) is 1.29. The number of aliphatic carboxylic acids is 1. The standard InChI is InChI=1S/C9H13NO4S/c1-4-9(15-5(2)10-4)8(14)6(11)3-7(12)13/h6,8,11,14H,3H2,1-2H3,(H,12,13). The third kappa shape index (κ3) is 2.98. The van der Waals surface area contributed by atoms with Crippen molar-refractivity contribution in [3.05, 3.63) is 15.6 Å². The molecule has 0 aliphatic carbocycles. The summed E-state index contributed by atoms with van der Waals surface area (Å²) in [5.74, 6) is -1.14. The van der Waals surface area contributed by atoms with Crippen molar-refractivity contribution in [3.8, 4) is 0 Å². The van der Waals surface area contributed by atoms with Gasteiger partial charge in [0.1, 0.15) is 6.10 Å². The van der Waals surface area contributed by atoms with E-state index in [1.165, 1.54) is 11.3 Å². The summed E-state index contributed by atoms with van der Waals surface area (Å²) in [6.07, 6.45) is -2.94. The van der Waals surface area contributed by atoms with Crippen molar-refractivity contribution in [1.82, 2.24) is 4.98 Å². The molecule has 15 heavy (non-hydrogen) atoms. The summed E-state index contributed by atoms with van der Waals surface area (Å²) >= 11 is 1.26. The maximum absolute atomic E-state index is 10.4. The van der Waals surface area contributed by atoms with Crippen LogP contribution >= 0.6 is 11.3 Å². The Morgan fingerprint density at radius 1 is 1.47 bits per heavy atom. The van der Waals surface area contributed by atoms with Crippen LogP contribution in [-0.2, 0) is 4.79 Å². The Bertz CT molecular complexity index is 363. The van der Waals surface area contributed by atoms with Crippen LogP contribution in [0.15, 0.2) is 0 Å². The minimum Gasteiger partial charge on any atom is -0.481 e. The summed E-state index contributed by atoms with van der Waals surface area (Å²) in [5.41, 5.74) is 0.634. The van der Waals surface area contributed by atoms with Gasteiger partial charge in [0.15, 0.2) is 0 Å². The lowest BCUT2D eigenvalue weighted by atomic mass is 10.1. The van der Waals surface area contributed by atoms with E-state index in [4.69, 9.17) is 5.11 Å². The molecule has 3 N–H and O–H groups in total.